The molecule has 24 heavy (non-hydrogen) atoms. The summed E-state index contributed by atoms with van der Waals surface area (Å²) in [6, 6.07) is 7.74. The molecule has 0 bridgehead atoms. The molecular weight excluding hydrogens is 320 g/mol. The Morgan fingerprint density at radius 3 is 2.62 bits per heavy atom. The third-order valence-electron chi connectivity index (χ3n) is 4.14. The van der Waals surface area contributed by atoms with Crippen LogP contribution in [0, 0.1) is 0 Å². The zero-order chi connectivity index (χ0) is 17.4. The third-order valence-corrected chi connectivity index (χ3v) is 5.02. The minimum Gasteiger partial charge on any atom is -0.374 e. The number of nitrogens with one attached hydrogen (secondary N) is 1. The van der Waals surface area contributed by atoms with E-state index in [9.17, 15) is 4.79 Å². The molecule has 1 aromatic carbocycles. The van der Waals surface area contributed by atoms with E-state index in [0.29, 0.717) is 0 Å². The number of aromatic amines is 1. The molecule has 0 unspecified atom stereocenters. The van der Waals surface area contributed by atoms with Crippen molar-refractivity contribution in [2.24, 2.45) is 0 Å². The first-order valence-electron chi connectivity index (χ1n) is 8.21. The van der Waals surface area contributed by atoms with E-state index in [1.807, 2.05) is 30.5 Å². The number of aromatic nitrogens is 2. The van der Waals surface area contributed by atoms with Gasteiger partial charge in [0, 0.05) is 43.7 Å². The maximum Gasteiger partial charge on any atom is 0.165 e. The van der Waals surface area contributed by atoms with E-state index in [4.69, 9.17) is 0 Å². The Balaban J connectivity index is 1.69. The van der Waals surface area contributed by atoms with Crippen molar-refractivity contribution in [3.05, 3.63) is 42.2 Å². The minimum absolute atomic E-state index is 0.721. The van der Waals surface area contributed by atoms with E-state index >= 15 is 0 Å². The molecule has 0 amide bonds. The number of rotatable bonds is 10. The van der Waals surface area contributed by atoms with Gasteiger partial charge in [-0.25, -0.2) is 4.98 Å². The lowest BCUT2D eigenvalue weighted by molar-refractivity contribution is -0.887. The fraction of sp³-hybridized carbons (Fsp3) is 0.444. The maximum absolute atomic E-state index is 10.7. The van der Waals surface area contributed by atoms with Crippen molar-refractivity contribution in [1.82, 2.24) is 9.97 Å². The molecule has 5 nitrogen and oxygen atoms in total. The van der Waals surface area contributed by atoms with Gasteiger partial charge in [-0.3, -0.25) is 4.79 Å². The lowest BCUT2D eigenvalue weighted by Crippen LogP contribution is -2.43. The largest absolute Gasteiger partial charge is 0.374 e. The fourth-order valence-corrected chi connectivity index (χ4v) is 3.57. The van der Waals surface area contributed by atoms with Crippen LogP contribution in [0.1, 0.15) is 16.8 Å². The highest BCUT2D eigenvalue weighted by atomic mass is 32.2. The van der Waals surface area contributed by atoms with Gasteiger partial charge in [0.05, 0.1) is 32.9 Å². The van der Waals surface area contributed by atoms with Crippen LogP contribution in [-0.2, 0) is 0 Å². The van der Waals surface area contributed by atoms with Crippen LogP contribution in [0.2, 0.25) is 0 Å². The highest BCUT2D eigenvalue weighted by Crippen LogP contribution is 2.15. The molecule has 0 aliphatic heterocycles. The van der Waals surface area contributed by atoms with Crippen molar-refractivity contribution >= 4 is 23.7 Å². The second-order valence-corrected chi connectivity index (χ2v) is 7.69. The van der Waals surface area contributed by atoms with Gasteiger partial charge in [0.25, 0.3) is 0 Å². The number of hydrogen-bond acceptors (Lipinski definition) is 4. The number of hydrogen-bond donors (Lipinski definition) is 1. The number of nitrogens with zero attached hydrogens (tertiary/aromatic N) is 3. The first-order valence-corrected chi connectivity index (χ1v) is 9.19. The number of H-pyrrole nitrogens is 1. The first kappa shape index (κ1) is 18.5. The molecule has 6 heteroatoms. The molecule has 0 aliphatic carbocycles. The lowest BCUT2D eigenvalue weighted by atomic mass is 10.2. The number of benzene rings is 1. The average molecular weight is 348 g/mol. The van der Waals surface area contributed by atoms with Gasteiger partial charge >= 0.3 is 0 Å². The third kappa shape index (κ3) is 6.02. The van der Waals surface area contributed by atoms with Crippen LogP contribution in [0.3, 0.4) is 0 Å². The Labute approximate surface area is 148 Å². The second kappa shape index (κ2) is 8.89. The molecule has 0 saturated carbocycles. The Bertz CT molecular complexity index is 610. The molecule has 0 fully saturated rings. The van der Waals surface area contributed by atoms with Gasteiger partial charge in [0.2, 0.25) is 0 Å². The normalized spacial score (nSPS) is 11.5. The van der Waals surface area contributed by atoms with Gasteiger partial charge in [-0.1, -0.05) is 11.8 Å². The summed E-state index contributed by atoms with van der Waals surface area (Å²) in [6.45, 7) is 3.26. The van der Waals surface area contributed by atoms with Crippen molar-refractivity contribution in [3.8, 4) is 0 Å². The van der Waals surface area contributed by atoms with Crippen LogP contribution in [0.4, 0.5) is 5.69 Å². The number of thioether (sulfide) groups is 1. The van der Waals surface area contributed by atoms with Gasteiger partial charge in [-0.05, 0) is 24.3 Å². The standard InChI is InChI=1S/C18H27N4OS/c1-21(17-7-5-16(15-23)6-8-17)11-4-12-22(2,3)13-14-24-18-19-9-10-20-18/h5-10,15H,4,11-14H2,1-3H3,(H,19,20)/q+1. The average Bonchev–Trinajstić information content (AvgIpc) is 3.08. The summed E-state index contributed by atoms with van der Waals surface area (Å²) >= 11 is 1.77. The minimum atomic E-state index is 0.721. The molecule has 0 spiro atoms. The van der Waals surface area contributed by atoms with Crippen LogP contribution in [0.5, 0.6) is 0 Å². The van der Waals surface area contributed by atoms with Crippen LogP contribution >= 0.6 is 11.8 Å². The lowest BCUT2D eigenvalue weighted by Gasteiger charge is -2.30. The van der Waals surface area contributed by atoms with Crippen molar-refractivity contribution in [3.63, 3.8) is 0 Å². The maximum atomic E-state index is 10.7. The molecule has 130 valence electrons. The number of quaternary nitrogens is 1. The number of anilines is 1. The Morgan fingerprint density at radius 1 is 1.25 bits per heavy atom. The number of carbonyl (C=O) groups is 1. The summed E-state index contributed by atoms with van der Waals surface area (Å²) in [5, 5.41) is 0.994. The van der Waals surface area contributed by atoms with Crippen molar-refractivity contribution < 1.29 is 9.28 Å². The van der Waals surface area contributed by atoms with Crippen molar-refractivity contribution in [2.75, 3.05) is 51.4 Å². The van der Waals surface area contributed by atoms with Crippen LogP contribution in [-0.4, -0.2) is 67.3 Å². The Hall–Kier alpha value is -1.79. The van der Waals surface area contributed by atoms with Gasteiger partial charge in [-0.2, -0.15) is 0 Å². The summed E-state index contributed by atoms with van der Waals surface area (Å²) in [6.07, 6.45) is 5.66. The number of carbonyl (C=O) groups excluding carboxylic acids is 1. The predicted molar refractivity (Wildman–Crippen MR) is 101 cm³/mol. The van der Waals surface area contributed by atoms with E-state index in [2.05, 4.69) is 36.0 Å². The van der Waals surface area contributed by atoms with Gasteiger partial charge in [0.1, 0.15) is 6.29 Å². The molecule has 2 aromatic rings. The molecule has 1 N–H and O–H groups in total. The Morgan fingerprint density at radius 2 is 2.00 bits per heavy atom. The van der Waals surface area contributed by atoms with E-state index in [1.54, 1.807) is 18.0 Å². The smallest absolute Gasteiger partial charge is 0.165 e. The summed E-state index contributed by atoms with van der Waals surface area (Å²) in [4.78, 5) is 20.3. The molecule has 0 saturated heterocycles. The number of imidazole rings is 1. The summed E-state index contributed by atoms with van der Waals surface area (Å²) < 4.78 is 1.01. The molecule has 1 aromatic heterocycles. The van der Waals surface area contributed by atoms with Crippen molar-refractivity contribution in [1.29, 1.82) is 0 Å². The molecule has 1 heterocycles. The monoisotopic (exact) mass is 347 g/mol. The molecular formula is C18H27N4OS+. The number of aldehydes is 1. The quantitative estimate of drug-likeness (QED) is 0.408. The molecule has 0 atom stereocenters. The van der Waals surface area contributed by atoms with E-state index < -0.39 is 0 Å². The predicted octanol–water partition coefficient (Wildman–Crippen LogP) is 2.92. The summed E-state index contributed by atoms with van der Waals surface area (Å²) in [7, 11) is 6.66. The second-order valence-electron chi connectivity index (χ2n) is 6.61. The van der Waals surface area contributed by atoms with Gasteiger partial charge < -0.3 is 14.4 Å². The fourth-order valence-electron chi connectivity index (χ4n) is 2.50. The molecule has 2 rings (SSSR count). The van der Waals surface area contributed by atoms with Crippen molar-refractivity contribution in [2.45, 2.75) is 11.6 Å². The topological polar surface area (TPSA) is 49.0 Å². The molecule has 0 aliphatic rings. The summed E-state index contributed by atoms with van der Waals surface area (Å²) in [5.74, 6) is 1.06. The highest BCUT2D eigenvalue weighted by Gasteiger charge is 2.15. The van der Waals surface area contributed by atoms with Gasteiger partial charge in [-0.15, -0.1) is 0 Å². The van der Waals surface area contributed by atoms with Crippen LogP contribution in [0.15, 0.2) is 41.8 Å². The molecule has 0 radical (unpaired) electrons. The van der Waals surface area contributed by atoms with Crippen LogP contribution in [0.25, 0.3) is 0 Å². The van der Waals surface area contributed by atoms with E-state index in [1.165, 1.54) is 0 Å². The first-order chi connectivity index (χ1) is 11.5. The zero-order valence-corrected chi connectivity index (χ0v) is 15.6. The van der Waals surface area contributed by atoms with E-state index in [-0.39, 0.29) is 0 Å². The van der Waals surface area contributed by atoms with E-state index in [0.717, 1.165) is 59.0 Å². The highest BCUT2D eigenvalue weighted by molar-refractivity contribution is 7.99. The van der Waals surface area contributed by atoms with Gasteiger partial charge in [0.15, 0.2) is 5.16 Å². The summed E-state index contributed by atoms with van der Waals surface area (Å²) in [5.41, 5.74) is 1.87. The SMILES string of the molecule is CN(CCC[N+](C)(C)CCSc1ncc[nH]1)c1ccc(C=O)cc1. The Kier molecular flexibility index (Phi) is 6.87. The zero-order valence-electron chi connectivity index (χ0n) is 14.7. The van der Waals surface area contributed by atoms with Crippen LogP contribution < -0.4 is 4.90 Å².